The van der Waals surface area contributed by atoms with E-state index in [1.165, 1.54) is 0 Å². The van der Waals surface area contributed by atoms with Crippen molar-refractivity contribution >= 4 is 38.4 Å². The van der Waals surface area contributed by atoms with Crippen LogP contribution in [0.4, 0.5) is 5.69 Å². The molecule has 0 bridgehead atoms. The molecule has 1 amide bonds. The summed E-state index contributed by atoms with van der Waals surface area (Å²) < 4.78 is 3.01. The summed E-state index contributed by atoms with van der Waals surface area (Å²) in [5.74, 6) is -0.0672. The van der Waals surface area contributed by atoms with Gasteiger partial charge in [0.25, 0.3) is 5.91 Å². The van der Waals surface area contributed by atoms with Crippen molar-refractivity contribution in [1.82, 2.24) is 4.57 Å². The van der Waals surface area contributed by atoms with Gasteiger partial charge in [-0.2, -0.15) is 0 Å². The van der Waals surface area contributed by atoms with Crippen molar-refractivity contribution in [1.29, 1.82) is 0 Å². The number of carbonyl (C=O) groups is 1. The van der Waals surface area contributed by atoms with Crippen molar-refractivity contribution < 1.29 is 4.79 Å². The fraction of sp³-hybridized carbons (Fsp3) is 0. The fourth-order valence-electron chi connectivity index (χ4n) is 2.59. The molecular formula is C15H9BrN2O. The highest BCUT2D eigenvalue weighted by Crippen LogP contribution is 2.33. The molecule has 3 aromatic rings. The zero-order valence-corrected chi connectivity index (χ0v) is 11.4. The van der Waals surface area contributed by atoms with E-state index in [0.29, 0.717) is 5.56 Å². The van der Waals surface area contributed by atoms with Crippen LogP contribution in [0.5, 0.6) is 0 Å². The van der Waals surface area contributed by atoms with Crippen LogP contribution in [0.1, 0.15) is 10.4 Å². The Balaban J connectivity index is 2.16. The number of carbonyl (C=O) groups excluding carboxylic acids is 1. The molecule has 0 fully saturated rings. The standard InChI is InChI=1S/C15H9BrN2O/c16-10-4-5-13-12(8-10)17-15(19)11-3-1-2-9-6-7-18(13)14(9)11/h1-8H,(H,17,19). The minimum Gasteiger partial charge on any atom is -0.320 e. The number of hydrogen-bond acceptors (Lipinski definition) is 1. The molecular weight excluding hydrogens is 304 g/mol. The third-order valence-corrected chi connectivity index (χ3v) is 3.92. The summed E-state index contributed by atoms with van der Waals surface area (Å²) in [7, 11) is 0. The van der Waals surface area contributed by atoms with Crippen LogP contribution >= 0.6 is 15.9 Å². The average molecular weight is 313 g/mol. The fourth-order valence-corrected chi connectivity index (χ4v) is 2.95. The number of fused-ring (bicyclic) bond motifs is 2. The van der Waals surface area contributed by atoms with Crippen LogP contribution < -0.4 is 5.32 Å². The van der Waals surface area contributed by atoms with Crippen LogP contribution in [-0.4, -0.2) is 10.5 Å². The van der Waals surface area contributed by atoms with Crippen LogP contribution in [0.3, 0.4) is 0 Å². The summed E-state index contributed by atoms with van der Waals surface area (Å²) in [5.41, 5.74) is 3.46. The predicted molar refractivity (Wildman–Crippen MR) is 78.9 cm³/mol. The van der Waals surface area contributed by atoms with Crippen LogP contribution in [0.15, 0.2) is 53.1 Å². The first kappa shape index (κ1) is 10.8. The minimum atomic E-state index is -0.0672. The van der Waals surface area contributed by atoms with Gasteiger partial charge in [-0.15, -0.1) is 0 Å². The van der Waals surface area contributed by atoms with Crippen molar-refractivity contribution in [2.24, 2.45) is 0 Å². The largest absolute Gasteiger partial charge is 0.320 e. The number of hydrogen-bond donors (Lipinski definition) is 1. The van der Waals surface area contributed by atoms with E-state index in [1.54, 1.807) is 0 Å². The lowest BCUT2D eigenvalue weighted by molar-refractivity contribution is 0.102. The van der Waals surface area contributed by atoms with E-state index in [4.69, 9.17) is 0 Å². The summed E-state index contributed by atoms with van der Waals surface area (Å²) in [6.45, 7) is 0. The zero-order valence-electron chi connectivity index (χ0n) is 9.85. The van der Waals surface area contributed by atoms with Crippen LogP contribution in [0, 0.1) is 0 Å². The third kappa shape index (κ3) is 1.47. The number of nitrogens with zero attached hydrogens (tertiary/aromatic N) is 1. The van der Waals surface area contributed by atoms with Gasteiger partial charge < -0.3 is 9.88 Å². The quantitative estimate of drug-likeness (QED) is 0.670. The van der Waals surface area contributed by atoms with Gasteiger partial charge in [-0.3, -0.25) is 4.79 Å². The van der Waals surface area contributed by atoms with Gasteiger partial charge in [0.15, 0.2) is 0 Å². The van der Waals surface area contributed by atoms with E-state index in [2.05, 4.69) is 25.8 Å². The van der Waals surface area contributed by atoms with Gasteiger partial charge in [-0.25, -0.2) is 0 Å². The Morgan fingerprint density at radius 2 is 2.00 bits per heavy atom. The Morgan fingerprint density at radius 1 is 1.11 bits per heavy atom. The van der Waals surface area contributed by atoms with E-state index in [9.17, 15) is 4.79 Å². The Labute approximate surface area is 118 Å². The van der Waals surface area contributed by atoms with Crippen molar-refractivity contribution in [2.75, 3.05) is 5.32 Å². The molecule has 19 heavy (non-hydrogen) atoms. The van der Waals surface area contributed by atoms with Gasteiger partial charge in [-0.1, -0.05) is 28.1 Å². The monoisotopic (exact) mass is 312 g/mol. The molecule has 1 aliphatic rings. The normalized spacial score (nSPS) is 13.0. The van der Waals surface area contributed by atoms with Gasteiger partial charge in [0.1, 0.15) is 0 Å². The first-order chi connectivity index (χ1) is 9.24. The Bertz CT molecular complexity index is 835. The van der Waals surface area contributed by atoms with E-state index in [1.807, 2.05) is 48.7 Å². The maximum atomic E-state index is 12.3. The highest BCUT2D eigenvalue weighted by Gasteiger charge is 2.20. The lowest BCUT2D eigenvalue weighted by atomic mass is 10.1. The summed E-state index contributed by atoms with van der Waals surface area (Å²) in [6.07, 6.45) is 2.00. The smallest absolute Gasteiger partial charge is 0.257 e. The molecule has 1 aromatic heterocycles. The second-order valence-corrected chi connectivity index (χ2v) is 5.46. The molecule has 0 saturated carbocycles. The lowest BCUT2D eigenvalue weighted by Crippen LogP contribution is -2.10. The van der Waals surface area contributed by atoms with E-state index in [0.717, 1.165) is 26.8 Å². The lowest BCUT2D eigenvalue weighted by Gasteiger charge is -2.09. The summed E-state index contributed by atoms with van der Waals surface area (Å²) in [6, 6.07) is 13.7. The number of rotatable bonds is 0. The van der Waals surface area contributed by atoms with Gasteiger partial charge >= 0.3 is 0 Å². The van der Waals surface area contributed by atoms with Gasteiger partial charge in [-0.05, 0) is 30.3 Å². The van der Waals surface area contributed by atoms with E-state index >= 15 is 0 Å². The summed E-state index contributed by atoms with van der Waals surface area (Å²) in [4.78, 5) is 12.3. The third-order valence-electron chi connectivity index (χ3n) is 3.42. The Morgan fingerprint density at radius 3 is 2.89 bits per heavy atom. The topological polar surface area (TPSA) is 34.0 Å². The van der Waals surface area contributed by atoms with Gasteiger partial charge in [0, 0.05) is 16.1 Å². The number of amides is 1. The van der Waals surface area contributed by atoms with E-state index < -0.39 is 0 Å². The Kier molecular flexibility index (Phi) is 2.11. The van der Waals surface area contributed by atoms with Crippen molar-refractivity contribution in [3.8, 4) is 5.69 Å². The molecule has 4 rings (SSSR count). The molecule has 0 atom stereocenters. The molecule has 0 saturated heterocycles. The number of benzene rings is 2. The molecule has 0 aliphatic carbocycles. The number of para-hydroxylation sites is 1. The molecule has 3 nitrogen and oxygen atoms in total. The number of anilines is 1. The number of halogens is 1. The van der Waals surface area contributed by atoms with Crippen LogP contribution in [0.25, 0.3) is 16.6 Å². The molecule has 0 unspecified atom stereocenters. The molecule has 0 spiro atoms. The average Bonchev–Trinajstić information content (AvgIpc) is 2.77. The van der Waals surface area contributed by atoms with Gasteiger partial charge in [0.2, 0.25) is 0 Å². The van der Waals surface area contributed by atoms with E-state index in [-0.39, 0.29) is 5.91 Å². The maximum Gasteiger partial charge on any atom is 0.257 e. The maximum absolute atomic E-state index is 12.3. The van der Waals surface area contributed by atoms with Gasteiger partial charge in [0.05, 0.1) is 22.5 Å². The molecule has 1 N–H and O–H groups in total. The molecule has 2 heterocycles. The molecule has 1 aliphatic heterocycles. The number of aromatic nitrogens is 1. The second-order valence-electron chi connectivity index (χ2n) is 4.54. The Hall–Kier alpha value is -2.07. The number of nitrogens with one attached hydrogen (secondary N) is 1. The zero-order chi connectivity index (χ0) is 13.0. The SMILES string of the molecule is O=C1Nc2cc(Br)ccc2-n2ccc3cccc1c32. The second kappa shape index (κ2) is 3.71. The first-order valence-corrected chi connectivity index (χ1v) is 6.75. The molecule has 2 aromatic carbocycles. The molecule has 0 radical (unpaired) electrons. The van der Waals surface area contributed by atoms with Crippen LogP contribution in [0.2, 0.25) is 0 Å². The molecule has 4 heteroatoms. The minimum absolute atomic E-state index is 0.0672. The van der Waals surface area contributed by atoms with Crippen molar-refractivity contribution in [3.05, 3.63) is 58.7 Å². The molecule has 92 valence electrons. The highest BCUT2D eigenvalue weighted by atomic mass is 79.9. The van der Waals surface area contributed by atoms with Crippen LogP contribution in [-0.2, 0) is 0 Å². The van der Waals surface area contributed by atoms with Crippen molar-refractivity contribution in [3.63, 3.8) is 0 Å². The predicted octanol–water partition coefficient (Wildman–Crippen LogP) is 3.96. The summed E-state index contributed by atoms with van der Waals surface area (Å²) >= 11 is 3.44. The van der Waals surface area contributed by atoms with Crippen molar-refractivity contribution in [2.45, 2.75) is 0 Å². The first-order valence-electron chi connectivity index (χ1n) is 5.95. The summed E-state index contributed by atoms with van der Waals surface area (Å²) in [5, 5.41) is 4.04. The highest BCUT2D eigenvalue weighted by molar-refractivity contribution is 9.10.